The topological polar surface area (TPSA) is 90.4 Å². The number of H-pyrrole nitrogens is 1. The van der Waals surface area contributed by atoms with Crippen molar-refractivity contribution in [1.82, 2.24) is 4.98 Å². The molecule has 0 amide bonds. The van der Waals surface area contributed by atoms with Gasteiger partial charge in [0.25, 0.3) is 0 Å². The molecule has 1 atom stereocenters. The lowest BCUT2D eigenvalue weighted by Crippen LogP contribution is -2.11. The molecule has 0 aliphatic carbocycles. The van der Waals surface area contributed by atoms with Gasteiger partial charge in [0.15, 0.2) is 0 Å². The molecule has 1 heterocycles. The quantitative estimate of drug-likeness (QED) is 0.756. The van der Waals surface area contributed by atoms with E-state index >= 15 is 0 Å². The number of hydrogen-bond donors (Lipinski definition) is 3. The summed E-state index contributed by atoms with van der Waals surface area (Å²) in [6.07, 6.45) is 0. The first kappa shape index (κ1) is 11.2. The van der Waals surface area contributed by atoms with Crippen LogP contribution in [-0.2, 0) is 4.79 Å². The van der Waals surface area contributed by atoms with E-state index in [2.05, 4.69) is 4.98 Å². The molecule has 0 aliphatic rings. The lowest BCUT2D eigenvalue weighted by atomic mass is 9.98. The lowest BCUT2D eigenvalue weighted by Gasteiger charge is -2.06. The Kier molecular flexibility index (Phi) is 2.59. The van der Waals surface area contributed by atoms with Crippen molar-refractivity contribution in [2.45, 2.75) is 12.8 Å². The van der Waals surface area contributed by atoms with Crippen molar-refractivity contribution in [2.75, 3.05) is 0 Å². The van der Waals surface area contributed by atoms with Crippen LogP contribution in [0.1, 0.15) is 28.9 Å². The number of nitrogens with one attached hydrogen (secondary N) is 1. The van der Waals surface area contributed by atoms with E-state index in [1.165, 1.54) is 6.92 Å². The molecule has 0 radical (unpaired) electrons. The third-order valence-corrected chi connectivity index (χ3v) is 2.76. The summed E-state index contributed by atoms with van der Waals surface area (Å²) in [5.74, 6) is -3.06. The van der Waals surface area contributed by atoms with Crippen molar-refractivity contribution in [3.8, 4) is 0 Å². The average molecular weight is 233 g/mol. The van der Waals surface area contributed by atoms with Gasteiger partial charge in [-0.15, -0.1) is 0 Å². The van der Waals surface area contributed by atoms with E-state index in [9.17, 15) is 9.59 Å². The van der Waals surface area contributed by atoms with Gasteiger partial charge in [0.2, 0.25) is 0 Å². The number of aliphatic carboxylic acids is 1. The summed E-state index contributed by atoms with van der Waals surface area (Å²) in [6, 6.07) is 6.95. The Hall–Kier alpha value is -2.30. The molecule has 3 N–H and O–H groups in total. The first-order valence-electron chi connectivity index (χ1n) is 5.09. The summed E-state index contributed by atoms with van der Waals surface area (Å²) in [5.41, 5.74) is 0.898. The highest BCUT2D eigenvalue weighted by molar-refractivity contribution is 6.00. The minimum absolute atomic E-state index is 0.0545. The Morgan fingerprint density at radius 3 is 2.47 bits per heavy atom. The van der Waals surface area contributed by atoms with Crippen LogP contribution in [0.3, 0.4) is 0 Å². The fourth-order valence-corrected chi connectivity index (χ4v) is 1.91. The van der Waals surface area contributed by atoms with E-state index in [0.29, 0.717) is 16.5 Å². The maximum absolute atomic E-state index is 11.1. The molecule has 17 heavy (non-hydrogen) atoms. The number of fused-ring (bicyclic) bond motifs is 1. The molecule has 0 saturated carbocycles. The van der Waals surface area contributed by atoms with Gasteiger partial charge in [0, 0.05) is 16.5 Å². The van der Waals surface area contributed by atoms with E-state index in [1.807, 2.05) is 0 Å². The van der Waals surface area contributed by atoms with Gasteiger partial charge in [-0.2, -0.15) is 0 Å². The Morgan fingerprint density at radius 1 is 1.24 bits per heavy atom. The van der Waals surface area contributed by atoms with Crippen LogP contribution in [0.2, 0.25) is 0 Å². The van der Waals surface area contributed by atoms with Gasteiger partial charge in [-0.05, 0) is 13.0 Å². The maximum atomic E-state index is 11.1. The highest BCUT2D eigenvalue weighted by Gasteiger charge is 2.25. The molecule has 1 aromatic heterocycles. The molecule has 0 aliphatic heterocycles. The minimum atomic E-state index is -1.15. The van der Waals surface area contributed by atoms with Crippen LogP contribution in [0.15, 0.2) is 24.3 Å². The Morgan fingerprint density at radius 2 is 1.88 bits per heavy atom. The van der Waals surface area contributed by atoms with Crippen LogP contribution in [0, 0.1) is 0 Å². The largest absolute Gasteiger partial charge is 0.481 e. The third-order valence-electron chi connectivity index (χ3n) is 2.76. The fraction of sp³-hybridized carbons (Fsp3) is 0.167. The van der Waals surface area contributed by atoms with Gasteiger partial charge in [-0.25, -0.2) is 4.79 Å². The standard InChI is InChI=1S/C12H11NO4/c1-6(11(14)15)9-7-4-2-3-5-8(7)13-10(9)12(16)17/h2-6,13H,1H3,(H,14,15)(H,16,17). The average Bonchev–Trinajstić information content (AvgIpc) is 2.67. The molecular formula is C12H11NO4. The molecule has 1 unspecified atom stereocenters. The second kappa shape index (κ2) is 3.93. The minimum Gasteiger partial charge on any atom is -0.481 e. The Balaban J connectivity index is 2.76. The van der Waals surface area contributed by atoms with Crippen LogP contribution in [0.5, 0.6) is 0 Å². The molecule has 0 saturated heterocycles. The SMILES string of the molecule is CC(C(=O)O)c1c(C(=O)O)[nH]c2ccccc12. The van der Waals surface area contributed by atoms with Crippen molar-refractivity contribution in [3.63, 3.8) is 0 Å². The summed E-state index contributed by atoms with van der Waals surface area (Å²) in [7, 11) is 0. The third kappa shape index (κ3) is 1.75. The number of rotatable bonds is 3. The van der Waals surface area contributed by atoms with Crippen molar-refractivity contribution < 1.29 is 19.8 Å². The summed E-state index contributed by atoms with van der Waals surface area (Å²) < 4.78 is 0. The molecule has 88 valence electrons. The zero-order valence-corrected chi connectivity index (χ0v) is 9.10. The van der Waals surface area contributed by atoms with E-state index in [1.54, 1.807) is 24.3 Å². The number of aromatic amines is 1. The highest BCUT2D eigenvalue weighted by atomic mass is 16.4. The lowest BCUT2D eigenvalue weighted by molar-refractivity contribution is -0.138. The van der Waals surface area contributed by atoms with E-state index in [-0.39, 0.29) is 5.69 Å². The number of aromatic nitrogens is 1. The van der Waals surface area contributed by atoms with Gasteiger partial charge >= 0.3 is 11.9 Å². The van der Waals surface area contributed by atoms with Crippen molar-refractivity contribution >= 4 is 22.8 Å². The van der Waals surface area contributed by atoms with Crippen LogP contribution in [0.4, 0.5) is 0 Å². The maximum Gasteiger partial charge on any atom is 0.352 e. The Bertz CT molecular complexity index is 600. The molecule has 1 aromatic carbocycles. The number of benzene rings is 1. The van der Waals surface area contributed by atoms with Gasteiger partial charge in [-0.3, -0.25) is 4.79 Å². The Labute approximate surface area is 96.7 Å². The van der Waals surface area contributed by atoms with Gasteiger partial charge in [-0.1, -0.05) is 18.2 Å². The highest BCUT2D eigenvalue weighted by Crippen LogP contribution is 2.29. The number of hydrogen-bond acceptors (Lipinski definition) is 2. The number of carbonyl (C=O) groups is 2. The second-order valence-electron chi connectivity index (χ2n) is 3.82. The molecule has 2 aromatic rings. The first-order valence-corrected chi connectivity index (χ1v) is 5.09. The van der Waals surface area contributed by atoms with E-state index < -0.39 is 17.9 Å². The first-order chi connectivity index (χ1) is 8.02. The van der Waals surface area contributed by atoms with Crippen molar-refractivity contribution in [2.24, 2.45) is 0 Å². The van der Waals surface area contributed by atoms with Gasteiger partial charge < -0.3 is 15.2 Å². The molecule has 0 bridgehead atoms. The van der Waals surface area contributed by atoms with Crippen LogP contribution in [0.25, 0.3) is 10.9 Å². The predicted octanol–water partition coefficient (Wildman–Crippen LogP) is 2.05. The summed E-state index contributed by atoms with van der Waals surface area (Å²) in [4.78, 5) is 24.8. The normalized spacial score (nSPS) is 12.5. The van der Waals surface area contributed by atoms with Crippen LogP contribution in [-0.4, -0.2) is 27.1 Å². The zero-order valence-electron chi connectivity index (χ0n) is 9.10. The smallest absolute Gasteiger partial charge is 0.352 e. The van der Waals surface area contributed by atoms with E-state index in [0.717, 1.165) is 0 Å². The predicted molar refractivity (Wildman–Crippen MR) is 61.3 cm³/mol. The molecule has 5 nitrogen and oxygen atoms in total. The van der Waals surface area contributed by atoms with Crippen molar-refractivity contribution in [3.05, 3.63) is 35.5 Å². The van der Waals surface area contributed by atoms with Crippen LogP contribution < -0.4 is 0 Å². The summed E-state index contributed by atoms with van der Waals surface area (Å²) in [6.45, 7) is 1.48. The number of carboxylic acids is 2. The molecule has 0 fully saturated rings. The van der Waals surface area contributed by atoms with E-state index in [4.69, 9.17) is 10.2 Å². The van der Waals surface area contributed by atoms with Crippen molar-refractivity contribution in [1.29, 1.82) is 0 Å². The summed E-state index contributed by atoms with van der Waals surface area (Å²) in [5, 5.41) is 18.7. The van der Waals surface area contributed by atoms with Crippen LogP contribution >= 0.6 is 0 Å². The summed E-state index contributed by atoms with van der Waals surface area (Å²) >= 11 is 0. The van der Waals surface area contributed by atoms with Gasteiger partial charge in [0.05, 0.1) is 5.92 Å². The monoisotopic (exact) mass is 233 g/mol. The van der Waals surface area contributed by atoms with Gasteiger partial charge in [0.1, 0.15) is 5.69 Å². The molecule has 0 spiro atoms. The number of para-hydroxylation sites is 1. The zero-order chi connectivity index (χ0) is 12.6. The molecular weight excluding hydrogens is 222 g/mol. The second-order valence-corrected chi connectivity index (χ2v) is 3.82. The fourth-order valence-electron chi connectivity index (χ4n) is 1.91. The number of carboxylic acid groups (broad SMARTS) is 2. The number of aromatic carboxylic acids is 1. The molecule has 2 rings (SSSR count). The molecule has 5 heteroatoms.